The zero-order chi connectivity index (χ0) is 20.2. The molecule has 1 aliphatic rings. The van der Waals surface area contributed by atoms with Gasteiger partial charge in [-0.25, -0.2) is 0 Å². The highest BCUT2D eigenvalue weighted by Gasteiger charge is 2.13. The van der Waals surface area contributed by atoms with Crippen molar-refractivity contribution < 1.29 is 13.9 Å². The van der Waals surface area contributed by atoms with Crippen LogP contribution in [0.4, 0.5) is 5.69 Å². The molecule has 1 aliphatic heterocycles. The van der Waals surface area contributed by atoms with Gasteiger partial charge in [0.2, 0.25) is 0 Å². The number of benzene rings is 2. The zero-order valence-electron chi connectivity index (χ0n) is 15.6. The fourth-order valence-corrected chi connectivity index (χ4v) is 3.61. The van der Waals surface area contributed by atoms with Gasteiger partial charge in [0, 0.05) is 29.9 Å². The van der Waals surface area contributed by atoms with Gasteiger partial charge in [-0.05, 0) is 48.6 Å². The normalized spacial score (nSPS) is 14.5. The highest BCUT2D eigenvalue weighted by molar-refractivity contribution is 6.43. The molecule has 0 aliphatic carbocycles. The van der Waals surface area contributed by atoms with E-state index in [-0.39, 0.29) is 5.78 Å². The van der Waals surface area contributed by atoms with Crippen LogP contribution in [-0.4, -0.2) is 32.1 Å². The van der Waals surface area contributed by atoms with Crippen LogP contribution in [0.2, 0.25) is 10.0 Å². The maximum atomic E-state index is 12.6. The Labute approximate surface area is 179 Å². The van der Waals surface area contributed by atoms with Gasteiger partial charge in [-0.15, -0.1) is 0 Å². The van der Waals surface area contributed by atoms with E-state index in [0.717, 1.165) is 18.8 Å². The van der Waals surface area contributed by atoms with Gasteiger partial charge < -0.3 is 14.1 Å². The zero-order valence-corrected chi connectivity index (χ0v) is 17.1. The second kappa shape index (κ2) is 8.87. The number of carbonyl (C=O) groups excluding carboxylic acids is 1. The standard InChI is InChI=1S/C23H19Cl2NO3/c24-20-6-2-5-19(23(20)25)22-10-8-18(29-22)7-9-21(27)16-3-1-4-17(15-16)26-11-13-28-14-12-26/h1-10,15H,11-14H2/b9-7-. The molecule has 2 heterocycles. The van der Waals surface area contributed by atoms with Crippen molar-refractivity contribution in [2.45, 2.75) is 0 Å². The fourth-order valence-electron chi connectivity index (χ4n) is 3.21. The number of ether oxygens (including phenoxy) is 1. The largest absolute Gasteiger partial charge is 0.457 e. The van der Waals surface area contributed by atoms with Crippen LogP contribution in [0.1, 0.15) is 16.1 Å². The summed E-state index contributed by atoms with van der Waals surface area (Å²) in [5.74, 6) is 1.08. The molecule has 1 saturated heterocycles. The van der Waals surface area contributed by atoms with E-state index in [1.165, 1.54) is 6.08 Å². The third-order valence-corrected chi connectivity index (χ3v) is 5.57. The molecule has 0 amide bonds. The van der Waals surface area contributed by atoms with Crippen molar-refractivity contribution in [3.8, 4) is 11.3 Å². The molecule has 3 aromatic rings. The van der Waals surface area contributed by atoms with Gasteiger partial charge in [-0.3, -0.25) is 4.79 Å². The lowest BCUT2D eigenvalue weighted by atomic mass is 10.1. The molecule has 0 unspecified atom stereocenters. The van der Waals surface area contributed by atoms with Crippen LogP contribution in [0.3, 0.4) is 0 Å². The first kappa shape index (κ1) is 19.8. The van der Waals surface area contributed by atoms with Crippen LogP contribution >= 0.6 is 23.2 Å². The van der Waals surface area contributed by atoms with Crippen LogP contribution in [0.15, 0.2) is 65.1 Å². The van der Waals surface area contributed by atoms with Crippen molar-refractivity contribution in [2.24, 2.45) is 0 Å². The number of nitrogens with zero attached hydrogens (tertiary/aromatic N) is 1. The smallest absolute Gasteiger partial charge is 0.186 e. The summed E-state index contributed by atoms with van der Waals surface area (Å²) in [5.41, 5.74) is 2.38. The van der Waals surface area contributed by atoms with Crippen LogP contribution < -0.4 is 4.90 Å². The number of rotatable bonds is 5. The van der Waals surface area contributed by atoms with Gasteiger partial charge >= 0.3 is 0 Å². The molecule has 1 fully saturated rings. The summed E-state index contributed by atoms with van der Waals surface area (Å²) in [6, 6.07) is 16.6. The summed E-state index contributed by atoms with van der Waals surface area (Å²) < 4.78 is 11.2. The van der Waals surface area contributed by atoms with Gasteiger partial charge in [0.1, 0.15) is 11.5 Å². The second-order valence-corrected chi connectivity index (χ2v) is 7.44. The molecule has 29 heavy (non-hydrogen) atoms. The summed E-state index contributed by atoms with van der Waals surface area (Å²) in [4.78, 5) is 14.8. The van der Waals surface area contributed by atoms with E-state index in [9.17, 15) is 4.79 Å². The van der Waals surface area contributed by atoms with Crippen LogP contribution in [0.25, 0.3) is 17.4 Å². The number of hydrogen-bond acceptors (Lipinski definition) is 4. The van der Waals surface area contributed by atoms with Crippen LogP contribution in [0.5, 0.6) is 0 Å². The minimum absolute atomic E-state index is 0.0844. The second-order valence-electron chi connectivity index (χ2n) is 6.65. The Kier molecular flexibility index (Phi) is 6.05. The average molecular weight is 428 g/mol. The Bertz CT molecular complexity index is 1050. The predicted octanol–water partition coefficient (Wildman–Crippen LogP) is 5.99. The lowest BCUT2D eigenvalue weighted by molar-refractivity contribution is 0.104. The number of ketones is 1. The monoisotopic (exact) mass is 427 g/mol. The molecule has 4 nitrogen and oxygen atoms in total. The Balaban J connectivity index is 1.49. The molecule has 0 radical (unpaired) electrons. The number of carbonyl (C=O) groups is 1. The first-order chi connectivity index (χ1) is 14.1. The molecular formula is C23H19Cl2NO3. The van der Waals surface area contributed by atoms with Crippen LogP contribution in [0, 0.1) is 0 Å². The van der Waals surface area contributed by atoms with Gasteiger partial charge in [0.15, 0.2) is 5.78 Å². The summed E-state index contributed by atoms with van der Waals surface area (Å²) >= 11 is 12.3. The van der Waals surface area contributed by atoms with Gasteiger partial charge in [0.05, 0.1) is 23.3 Å². The van der Waals surface area contributed by atoms with Crippen molar-refractivity contribution in [3.63, 3.8) is 0 Å². The highest BCUT2D eigenvalue weighted by atomic mass is 35.5. The van der Waals surface area contributed by atoms with Crippen LogP contribution in [-0.2, 0) is 4.74 Å². The minimum Gasteiger partial charge on any atom is -0.457 e. The molecule has 0 saturated carbocycles. The molecular weight excluding hydrogens is 409 g/mol. The number of halogens is 2. The Morgan fingerprint density at radius 3 is 2.62 bits per heavy atom. The fraction of sp³-hybridized carbons (Fsp3) is 0.174. The quantitative estimate of drug-likeness (QED) is 0.370. The number of morpholine rings is 1. The molecule has 0 N–H and O–H groups in total. The molecule has 1 aromatic heterocycles. The summed E-state index contributed by atoms with van der Waals surface area (Å²) in [7, 11) is 0. The molecule has 148 valence electrons. The Morgan fingerprint density at radius 2 is 1.79 bits per heavy atom. The third-order valence-electron chi connectivity index (χ3n) is 4.75. The summed E-state index contributed by atoms with van der Waals surface area (Å²) in [5, 5.41) is 0.906. The van der Waals surface area contributed by atoms with Crippen molar-refractivity contribution in [1.82, 2.24) is 0 Å². The maximum Gasteiger partial charge on any atom is 0.186 e. The average Bonchev–Trinajstić information content (AvgIpc) is 3.23. The summed E-state index contributed by atoms with van der Waals surface area (Å²) in [6.45, 7) is 3.06. The van der Waals surface area contributed by atoms with E-state index in [2.05, 4.69) is 4.90 Å². The molecule has 0 bridgehead atoms. The lowest BCUT2D eigenvalue weighted by Gasteiger charge is -2.29. The summed E-state index contributed by atoms with van der Waals surface area (Å²) in [6.07, 6.45) is 3.17. The van der Waals surface area contributed by atoms with Gasteiger partial charge in [0.25, 0.3) is 0 Å². The van der Waals surface area contributed by atoms with E-state index in [1.54, 1.807) is 24.3 Å². The van der Waals surface area contributed by atoms with Crippen molar-refractivity contribution >= 4 is 40.7 Å². The van der Waals surface area contributed by atoms with Gasteiger partial charge in [-0.1, -0.05) is 41.4 Å². The van der Waals surface area contributed by atoms with Crippen molar-refractivity contribution in [1.29, 1.82) is 0 Å². The van der Waals surface area contributed by atoms with Crippen molar-refractivity contribution in [2.75, 3.05) is 31.2 Å². The minimum atomic E-state index is -0.0844. The first-order valence-corrected chi connectivity index (χ1v) is 10.1. The Morgan fingerprint density at radius 1 is 1.00 bits per heavy atom. The molecule has 2 aromatic carbocycles. The van der Waals surface area contributed by atoms with Gasteiger partial charge in [-0.2, -0.15) is 0 Å². The van der Waals surface area contributed by atoms with E-state index in [0.29, 0.717) is 45.9 Å². The SMILES string of the molecule is O=C(/C=C\c1ccc(-c2cccc(Cl)c2Cl)o1)c1cccc(N2CCOCC2)c1. The lowest BCUT2D eigenvalue weighted by Crippen LogP contribution is -2.36. The topological polar surface area (TPSA) is 42.7 Å². The maximum absolute atomic E-state index is 12.6. The third kappa shape index (κ3) is 4.56. The number of hydrogen-bond donors (Lipinski definition) is 0. The number of allylic oxidation sites excluding steroid dienone is 1. The first-order valence-electron chi connectivity index (χ1n) is 9.31. The van der Waals surface area contributed by atoms with E-state index < -0.39 is 0 Å². The molecule has 0 spiro atoms. The van der Waals surface area contributed by atoms with Crippen molar-refractivity contribution in [3.05, 3.63) is 82.0 Å². The van der Waals surface area contributed by atoms with E-state index >= 15 is 0 Å². The van der Waals surface area contributed by atoms with E-state index in [1.807, 2.05) is 36.4 Å². The number of anilines is 1. The van der Waals surface area contributed by atoms with E-state index in [4.69, 9.17) is 32.4 Å². The highest BCUT2D eigenvalue weighted by Crippen LogP contribution is 2.34. The molecule has 0 atom stereocenters. The molecule has 4 rings (SSSR count). The molecule has 6 heteroatoms. The number of furan rings is 1. The Hall–Kier alpha value is -2.53. The predicted molar refractivity (Wildman–Crippen MR) is 117 cm³/mol.